The monoisotopic (exact) mass is 273 g/mol. The van der Waals surface area contributed by atoms with Crippen LogP contribution >= 0.6 is 0 Å². The van der Waals surface area contributed by atoms with E-state index >= 15 is 0 Å². The minimum Gasteiger partial charge on any atom is -0.410 e. The fourth-order valence-corrected chi connectivity index (χ4v) is 1.56. The quantitative estimate of drug-likeness (QED) is 0.330. The van der Waals surface area contributed by atoms with Crippen molar-refractivity contribution < 1.29 is 14.8 Å². The van der Waals surface area contributed by atoms with Gasteiger partial charge in [-0.1, -0.05) is 22.5 Å². The number of Topliss-reactive ketones (excluding diaryl/α,β-unsaturated/α-hetero) is 1. The van der Waals surface area contributed by atoms with E-state index in [1.165, 1.54) is 0 Å². The van der Waals surface area contributed by atoms with E-state index in [1.807, 2.05) is 0 Å². The Kier molecular flexibility index (Phi) is 3.85. The molecule has 0 radical (unpaired) electrons. The Balaban J connectivity index is 2.21. The third-order valence-corrected chi connectivity index (χ3v) is 2.48. The Morgan fingerprint density at radius 2 is 2.20 bits per heavy atom. The van der Waals surface area contributed by atoms with Crippen molar-refractivity contribution in [3.05, 3.63) is 30.5 Å². The topological polar surface area (TPSA) is 120 Å². The summed E-state index contributed by atoms with van der Waals surface area (Å²) in [6, 6.07) is 6.80. The zero-order chi connectivity index (χ0) is 14.5. The predicted molar refractivity (Wildman–Crippen MR) is 70.4 cm³/mol. The number of hydrogen-bond acceptors (Lipinski definition) is 6. The molecule has 0 bridgehead atoms. The maximum Gasteiger partial charge on any atom is 0.281 e. The van der Waals surface area contributed by atoms with Crippen LogP contribution in [0.3, 0.4) is 0 Å². The third kappa shape index (κ3) is 2.86. The van der Waals surface area contributed by atoms with E-state index in [2.05, 4.69) is 25.9 Å². The lowest BCUT2D eigenvalue weighted by Crippen LogP contribution is -2.28. The summed E-state index contributed by atoms with van der Waals surface area (Å²) in [5.74, 6) is -1.41. The number of rotatable bonds is 4. The number of carbonyl (C=O) groups is 2. The van der Waals surface area contributed by atoms with Gasteiger partial charge in [-0.15, -0.1) is 5.10 Å². The molecule has 8 heteroatoms. The van der Waals surface area contributed by atoms with E-state index in [1.54, 1.807) is 30.5 Å². The van der Waals surface area contributed by atoms with E-state index in [-0.39, 0.29) is 0 Å². The average Bonchev–Trinajstić information content (AvgIpc) is 2.93. The summed E-state index contributed by atoms with van der Waals surface area (Å²) >= 11 is 0. The Hall–Kier alpha value is -3.03. The summed E-state index contributed by atoms with van der Waals surface area (Å²) in [7, 11) is 0. The average molecular weight is 273 g/mol. The number of oxime groups is 1. The summed E-state index contributed by atoms with van der Waals surface area (Å²) in [5, 5.41) is 23.8. The van der Waals surface area contributed by atoms with Crippen LogP contribution in [-0.4, -0.2) is 38.0 Å². The van der Waals surface area contributed by atoms with Crippen LogP contribution in [0, 0.1) is 0 Å². The van der Waals surface area contributed by atoms with Gasteiger partial charge in [0, 0.05) is 24.4 Å². The largest absolute Gasteiger partial charge is 0.410 e. The van der Waals surface area contributed by atoms with Gasteiger partial charge in [0.1, 0.15) is 5.69 Å². The summed E-state index contributed by atoms with van der Waals surface area (Å²) < 4.78 is 0. The number of anilines is 1. The third-order valence-electron chi connectivity index (χ3n) is 2.48. The summed E-state index contributed by atoms with van der Waals surface area (Å²) in [4.78, 5) is 22.8. The standard InChI is InChI=1S/C12H11N5O3/c1-7(18)11(16-20)12(19)14-9-4-2-3-8(5-9)10-6-13-17-15-10/h2-6,20H,1H3,(H,14,19)(H,13,15,17)/b16-11-. The molecular formula is C12H11N5O3. The van der Waals surface area contributed by atoms with E-state index in [0.717, 1.165) is 12.5 Å². The molecule has 102 valence electrons. The number of nitrogens with one attached hydrogen (secondary N) is 2. The lowest BCUT2D eigenvalue weighted by atomic mass is 10.1. The molecule has 0 aliphatic heterocycles. The van der Waals surface area contributed by atoms with Crippen molar-refractivity contribution in [3.63, 3.8) is 0 Å². The molecular weight excluding hydrogens is 262 g/mol. The van der Waals surface area contributed by atoms with Crippen molar-refractivity contribution >= 4 is 23.1 Å². The van der Waals surface area contributed by atoms with Crippen LogP contribution in [0.4, 0.5) is 5.69 Å². The van der Waals surface area contributed by atoms with Gasteiger partial charge in [-0.05, 0) is 12.1 Å². The first kappa shape index (κ1) is 13.4. The highest BCUT2D eigenvalue weighted by atomic mass is 16.4. The lowest BCUT2D eigenvalue weighted by Gasteiger charge is -2.05. The first-order valence-electron chi connectivity index (χ1n) is 5.63. The molecule has 0 aliphatic rings. The highest BCUT2D eigenvalue weighted by molar-refractivity contribution is 6.67. The number of aromatic nitrogens is 3. The Labute approximate surface area is 113 Å². The van der Waals surface area contributed by atoms with Crippen LogP contribution in [-0.2, 0) is 9.59 Å². The molecule has 0 aliphatic carbocycles. The molecule has 20 heavy (non-hydrogen) atoms. The normalized spacial score (nSPS) is 11.2. The van der Waals surface area contributed by atoms with E-state index in [9.17, 15) is 9.59 Å². The van der Waals surface area contributed by atoms with Gasteiger partial charge >= 0.3 is 0 Å². The molecule has 0 spiro atoms. The second-order valence-corrected chi connectivity index (χ2v) is 3.90. The van der Waals surface area contributed by atoms with Crippen LogP contribution < -0.4 is 5.32 Å². The SMILES string of the molecule is CC(=O)/C(=N/O)C(=O)Nc1cccc(-c2c[nH]nn2)c1. The van der Waals surface area contributed by atoms with Gasteiger partial charge in [0.05, 0.1) is 0 Å². The van der Waals surface area contributed by atoms with Crippen LogP contribution in [0.15, 0.2) is 35.6 Å². The summed E-state index contributed by atoms with van der Waals surface area (Å²) in [6.07, 6.45) is 1.61. The maximum atomic E-state index is 11.7. The van der Waals surface area contributed by atoms with Crippen molar-refractivity contribution in [1.29, 1.82) is 0 Å². The molecule has 1 aromatic heterocycles. The number of amides is 1. The highest BCUT2D eigenvalue weighted by Gasteiger charge is 2.17. The molecule has 8 nitrogen and oxygen atoms in total. The van der Waals surface area contributed by atoms with E-state index in [4.69, 9.17) is 5.21 Å². The van der Waals surface area contributed by atoms with Gasteiger partial charge in [0.15, 0.2) is 5.78 Å². The van der Waals surface area contributed by atoms with Crippen molar-refractivity contribution in [2.24, 2.45) is 5.16 Å². The number of H-pyrrole nitrogens is 1. The minimum atomic E-state index is -0.780. The molecule has 0 fully saturated rings. The number of ketones is 1. The second-order valence-electron chi connectivity index (χ2n) is 3.90. The smallest absolute Gasteiger partial charge is 0.281 e. The summed E-state index contributed by atoms with van der Waals surface area (Å²) in [5.41, 5.74) is 1.24. The first-order chi connectivity index (χ1) is 9.61. The first-order valence-corrected chi connectivity index (χ1v) is 5.63. The van der Waals surface area contributed by atoms with Gasteiger partial charge in [0.25, 0.3) is 5.91 Å². The Morgan fingerprint density at radius 3 is 2.80 bits per heavy atom. The highest BCUT2D eigenvalue weighted by Crippen LogP contribution is 2.19. The molecule has 3 N–H and O–H groups in total. The molecule has 2 rings (SSSR count). The van der Waals surface area contributed by atoms with Crippen LogP contribution in [0.25, 0.3) is 11.3 Å². The number of hydrogen-bond donors (Lipinski definition) is 3. The van der Waals surface area contributed by atoms with Crippen LogP contribution in [0.2, 0.25) is 0 Å². The minimum absolute atomic E-state index is 0.443. The molecule has 1 heterocycles. The molecule has 0 atom stereocenters. The van der Waals surface area contributed by atoms with Gasteiger partial charge in [0.2, 0.25) is 5.71 Å². The Morgan fingerprint density at radius 1 is 1.40 bits per heavy atom. The lowest BCUT2D eigenvalue weighted by molar-refractivity contribution is -0.114. The van der Waals surface area contributed by atoms with E-state index < -0.39 is 17.4 Å². The molecule has 1 amide bonds. The van der Waals surface area contributed by atoms with Gasteiger partial charge in [-0.3, -0.25) is 14.7 Å². The van der Waals surface area contributed by atoms with Crippen molar-refractivity contribution in [2.75, 3.05) is 5.32 Å². The number of nitrogens with zero attached hydrogens (tertiary/aromatic N) is 3. The van der Waals surface area contributed by atoms with Gasteiger partial charge in [-0.2, -0.15) is 0 Å². The molecule has 2 aromatic rings. The number of carbonyl (C=O) groups excluding carboxylic acids is 2. The number of benzene rings is 1. The maximum absolute atomic E-state index is 11.7. The zero-order valence-corrected chi connectivity index (χ0v) is 10.5. The van der Waals surface area contributed by atoms with Crippen LogP contribution in [0.1, 0.15) is 6.92 Å². The van der Waals surface area contributed by atoms with Gasteiger partial charge < -0.3 is 10.5 Å². The summed E-state index contributed by atoms with van der Waals surface area (Å²) in [6.45, 7) is 1.14. The molecule has 0 unspecified atom stereocenters. The van der Waals surface area contributed by atoms with Crippen molar-refractivity contribution in [1.82, 2.24) is 15.4 Å². The zero-order valence-electron chi connectivity index (χ0n) is 10.5. The second kappa shape index (κ2) is 5.74. The van der Waals surface area contributed by atoms with Crippen molar-refractivity contribution in [2.45, 2.75) is 6.92 Å². The number of aromatic amines is 1. The van der Waals surface area contributed by atoms with E-state index in [0.29, 0.717) is 11.4 Å². The predicted octanol–water partition coefficient (Wildman–Crippen LogP) is 0.829. The molecule has 0 saturated carbocycles. The fraction of sp³-hybridized carbons (Fsp3) is 0.0833. The van der Waals surface area contributed by atoms with Gasteiger partial charge in [-0.25, -0.2) is 0 Å². The fourth-order valence-electron chi connectivity index (χ4n) is 1.56. The Bertz CT molecular complexity index is 663. The van der Waals surface area contributed by atoms with Crippen LogP contribution in [0.5, 0.6) is 0 Å². The van der Waals surface area contributed by atoms with Crippen molar-refractivity contribution in [3.8, 4) is 11.3 Å². The molecule has 1 aromatic carbocycles. The molecule has 0 saturated heterocycles.